The molecule has 1 aliphatic rings. The fourth-order valence-electron chi connectivity index (χ4n) is 1.62. The van der Waals surface area contributed by atoms with Crippen molar-refractivity contribution in [1.82, 2.24) is 9.97 Å². The number of aryl methyl sites for hydroxylation is 1. The smallest absolute Gasteiger partial charge is 0.316 e. The standard InChI is InChI=1S/C9H13N3O/c1-13-9-11-5-6-4-7(10)2-3-8(6)12-9/h5,7H,2-4,10H2,1H3. The highest BCUT2D eigenvalue weighted by Crippen LogP contribution is 2.19. The molecule has 1 aromatic heterocycles. The van der Waals surface area contributed by atoms with Gasteiger partial charge in [-0.1, -0.05) is 0 Å². The summed E-state index contributed by atoms with van der Waals surface area (Å²) in [6.07, 6.45) is 4.65. The monoisotopic (exact) mass is 179 g/mol. The van der Waals surface area contributed by atoms with Gasteiger partial charge in [0.2, 0.25) is 0 Å². The summed E-state index contributed by atoms with van der Waals surface area (Å²) in [5, 5.41) is 0. The lowest BCUT2D eigenvalue weighted by molar-refractivity contribution is 0.375. The molecule has 0 fully saturated rings. The third-order valence-corrected chi connectivity index (χ3v) is 2.35. The zero-order chi connectivity index (χ0) is 9.26. The Morgan fingerprint density at radius 3 is 3.23 bits per heavy atom. The van der Waals surface area contributed by atoms with Gasteiger partial charge >= 0.3 is 6.01 Å². The molecule has 1 aliphatic carbocycles. The van der Waals surface area contributed by atoms with E-state index in [1.807, 2.05) is 6.20 Å². The van der Waals surface area contributed by atoms with Crippen molar-refractivity contribution < 1.29 is 4.74 Å². The molecule has 0 amide bonds. The van der Waals surface area contributed by atoms with Gasteiger partial charge < -0.3 is 10.5 Å². The highest BCUT2D eigenvalue weighted by atomic mass is 16.5. The lowest BCUT2D eigenvalue weighted by Crippen LogP contribution is -2.28. The van der Waals surface area contributed by atoms with Crippen LogP contribution < -0.4 is 10.5 Å². The van der Waals surface area contributed by atoms with Crippen LogP contribution in [0.2, 0.25) is 0 Å². The first-order valence-electron chi connectivity index (χ1n) is 4.44. The second-order valence-corrected chi connectivity index (χ2v) is 3.33. The fourth-order valence-corrected chi connectivity index (χ4v) is 1.62. The van der Waals surface area contributed by atoms with Gasteiger partial charge in [0.25, 0.3) is 0 Å². The predicted molar refractivity (Wildman–Crippen MR) is 48.6 cm³/mol. The fraction of sp³-hybridized carbons (Fsp3) is 0.556. The number of nitrogens with two attached hydrogens (primary N) is 1. The van der Waals surface area contributed by atoms with E-state index in [0.717, 1.165) is 25.0 Å². The molecular weight excluding hydrogens is 166 g/mol. The van der Waals surface area contributed by atoms with Crippen LogP contribution in [-0.2, 0) is 12.8 Å². The summed E-state index contributed by atoms with van der Waals surface area (Å²) in [6.45, 7) is 0. The Morgan fingerprint density at radius 1 is 1.62 bits per heavy atom. The van der Waals surface area contributed by atoms with E-state index in [-0.39, 0.29) is 6.04 Å². The predicted octanol–water partition coefficient (Wildman–Crippen LogP) is 0.301. The second-order valence-electron chi connectivity index (χ2n) is 3.33. The minimum Gasteiger partial charge on any atom is -0.467 e. The molecule has 4 nitrogen and oxygen atoms in total. The zero-order valence-corrected chi connectivity index (χ0v) is 7.66. The summed E-state index contributed by atoms with van der Waals surface area (Å²) in [6, 6.07) is 0.721. The molecule has 0 spiro atoms. The average molecular weight is 179 g/mol. The van der Waals surface area contributed by atoms with E-state index in [9.17, 15) is 0 Å². The van der Waals surface area contributed by atoms with Gasteiger partial charge in [-0.05, 0) is 24.8 Å². The Kier molecular flexibility index (Phi) is 2.14. The largest absolute Gasteiger partial charge is 0.467 e. The molecule has 0 saturated heterocycles. The maximum atomic E-state index is 5.83. The quantitative estimate of drug-likeness (QED) is 0.673. The first-order chi connectivity index (χ1) is 6.29. The molecule has 4 heteroatoms. The minimum absolute atomic E-state index is 0.268. The third kappa shape index (κ3) is 1.62. The van der Waals surface area contributed by atoms with Crippen molar-refractivity contribution in [3.05, 3.63) is 17.5 Å². The molecule has 1 unspecified atom stereocenters. The molecule has 2 N–H and O–H groups in total. The van der Waals surface area contributed by atoms with Crippen molar-refractivity contribution >= 4 is 0 Å². The van der Waals surface area contributed by atoms with Crippen molar-refractivity contribution in [3.8, 4) is 6.01 Å². The number of nitrogens with zero attached hydrogens (tertiary/aromatic N) is 2. The van der Waals surface area contributed by atoms with Crippen LogP contribution in [0.3, 0.4) is 0 Å². The van der Waals surface area contributed by atoms with Gasteiger partial charge in [0.15, 0.2) is 0 Å². The molecule has 0 radical (unpaired) electrons. The maximum absolute atomic E-state index is 5.83. The number of fused-ring (bicyclic) bond motifs is 1. The SMILES string of the molecule is COc1ncc2c(n1)CCC(N)C2. The van der Waals surface area contributed by atoms with Crippen LogP contribution in [0.1, 0.15) is 17.7 Å². The van der Waals surface area contributed by atoms with Gasteiger partial charge in [-0.25, -0.2) is 4.98 Å². The van der Waals surface area contributed by atoms with Gasteiger partial charge in [-0.3, -0.25) is 0 Å². The molecule has 0 saturated carbocycles. The number of hydrogen-bond donors (Lipinski definition) is 1. The van der Waals surface area contributed by atoms with Crippen LogP contribution in [0, 0.1) is 0 Å². The first-order valence-corrected chi connectivity index (χ1v) is 4.44. The van der Waals surface area contributed by atoms with Gasteiger partial charge in [0.05, 0.1) is 12.8 Å². The highest BCUT2D eigenvalue weighted by Gasteiger charge is 2.17. The number of hydrogen-bond acceptors (Lipinski definition) is 4. The molecule has 1 atom stereocenters. The van der Waals surface area contributed by atoms with Crippen LogP contribution in [0.4, 0.5) is 0 Å². The molecule has 13 heavy (non-hydrogen) atoms. The average Bonchev–Trinajstić information content (AvgIpc) is 2.17. The van der Waals surface area contributed by atoms with E-state index >= 15 is 0 Å². The van der Waals surface area contributed by atoms with E-state index in [2.05, 4.69) is 9.97 Å². The number of ether oxygens (including phenoxy) is 1. The summed E-state index contributed by atoms with van der Waals surface area (Å²) >= 11 is 0. The Morgan fingerprint density at radius 2 is 2.46 bits per heavy atom. The van der Waals surface area contributed by atoms with Gasteiger partial charge in [0, 0.05) is 12.2 Å². The van der Waals surface area contributed by atoms with Crippen LogP contribution >= 0.6 is 0 Å². The molecule has 0 aromatic carbocycles. The van der Waals surface area contributed by atoms with E-state index in [4.69, 9.17) is 10.5 Å². The normalized spacial score (nSPS) is 20.9. The van der Waals surface area contributed by atoms with Crippen molar-refractivity contribution in [2.24, 2.45) is 5.73 Å². The Bertz CT molecular complexity index is 314. The second kappa shape index (κ2) is 3.30. The van der Waals surface area contributed by atoms with Crippen molar-refractivity contribution in [1.29, 1.82) is 0 Å². The van der Waals surface area contributed by atoms with Gasteiger partial charge in [-0.2, -0.15) is 4.98 Å². The molecule has 0 aliphatic heterocycles. The highest BCUT2D eigenvalue weighted by molar-refractivity contribution is 5.23. The van der Waals surface area contributed by atoms with Gasteiger partial charge in [-0.15, -0.1) is 0 Å². The van der Waals surface area contributed by atoms with Crippen LogP contribution in [0.25, 0.3) is 0 Å². The molecule has 0 bridgehead atoms. The summed E-state index contributed by atoms with van der Waals surface area (Å²) in [7, 11) is 1.58. The Balaban J connectivity index is 2.31. The zero-order valence-electron chi connectivity index (χ0n) is 7.66. The summed E-state index contributed by atoms with van der Waals surface area (Å²) in [5.74, 6) is 0. The molecule has 1 aromatic rings. The summed E-state index contributed by atoms with van der Waals surface area (Å²) in [5.41, 5.74) is 8.09. The van der Waals surface area contributed by atoms with Crippen molar-refractivity contribution in [3.63, 3.8) is 0 Å². The van der Waals surface area contributed by atoms with Crippen molar-refractivity contribution in [2.75, 3.05) is 7.11 Å². The van der Waals surface area contributed by atoms with Gasteiger partial charge in [0.1, 0.15) is 0 Å². The Labute approximate surface area is 77.1 Å². The molecule has 1 heterocycles. The summed E-state index contributed by atoms with van der Waals surface area (Å²) in [4.78, 5) is 8.33. The number of aromatic nitrogens is 2. The third-order valence-electron chi connectivity index (χ3n) is 2.35. The number of rotatable bonds is 1. The lowest BCUT2D eigenvalue weighted by Gasteiger charge is -2.19. The van der Waals surface area contributed by atoms with E-state index in [1.165, 1.54) is 5.56 Å². The summed E-state index contributed by atoms with van der Waals surface area (Å²) < 4.78 is 4.95. The molecular formula is C9H13N3O. The van der Waals surface area contributed by atoms with E-state index < -0.39 is 0 Å². The maximum Gasteiger partial charge on any atom is 0.316 e. The van der Waals surface area contributed by atoms with Crippen LogP contribution in [-0.4, -0.2) is 23.1 Å². The Hall–Kier alpha value is -1.16. The minimum atomic E-state index is 0.268. The lowest BCUT2D eigenvalue weighted by atomic mass is 9.94. The van der Waals surface area contributed by atoms with Crippen LogP contribution in [0.5, 0.6) is 6.01 Å². The topological polar surface area (TPSA) is 61.0 Å². The van der Waals surface area contributed by atoms with E-state index in [1.54, 1.807) is 7.11 Å². The number of methoxy groups -OCH3 is 1. The molecule has 2 rings (SSSR count). The first kappa shape index (κ1) is 8.44. The van der Waals surface area contributed by atoms with Crippen molar-refractivity contribution in [2.45, 2.75) is 25.3 Å². The van der Waals surface area contributed by atoms with Crippen LogP contribution in [0.15, 0.2) is 6.20 Å². The molecule has 70 valence electrons. The van der Waals surface area contributed by atoms with E-state index in [0.29, 0.717) is 6.01 Å².